The molecule has 80 valence electrons. The van der Waals surface area contributed by atoms with Gasteiger partial charge in [-0.3, -0.25) is 0 Å². The summed E-state index contributed by atoms with van der Waals surface area (Å²) in [6, 6.07) is -0.274. The van der Waals surface area contributed by atoms with Gasteiger partial charge in [0.1, 0.15) is 0 Å². The molecule has 1 rings (SSSR count). The van der Waals surface area contributed by atoms with Crippen molar-refractivity contribution in [2.45, 2.75) is 32.2 Å². The average molecular weight is 215 g/mol. The Morgan fingerprint density at radius 2 is 2.00 bits per heavy atom. The van der Waals surface area contributed by atoms with Crippen LogP contribution in [0.25, 0.3) is 0 Å². The van der Waals surface area contributed by atoms with Crippen LogP contribution in [-0.2, 0) is 0 Å². The van der Waals surface area contributed by atoms with E-state index in [0.717, 1.165) is 25.9 Å². The van der Waals surface area contributed by atoms with Crippen molar-refractivity contribution in [3.05, 3.63) is 0 Å². The largest absolute Gasteiger partial charge is 0.392 e. The number of hydrogen-bond donors (Lipinski definition) is 2. The molecule has 0 aromatic heterocycles. The minimum atomic E-state index is -0.223. The zero-order valence-corrected chi connectivity index (χ0v) is 9.27. The van der Waals surface area contributed by atoms with E-state index in [9.17, 15) is 4.79 Å². The van der Waals surface area contributed by atoms with Crippen molar-refractivity contribution in [1.82, 2.24) is 10.2 Å². The first kappa shape index (κ1) is 11.2. The molecule has 0 radical (unpaired) electrons. The molecule has 5 heteroatoms. The van der Waals surface area contributed by atoms with Gasteiger partial charge in [0.25, 0.3) is 0 Å². The monoisotopic (exact) mass is 215 g/mol. The van der Waals surface area contributed by atoms with Crippen LogP contribution in [-0.4, -0.2) is 35.1 Å². The second kappa shape index (κ2) is 5.14. The van der Waals surface area contributed by atoms with E-state index in [4.69, 9.17) is 18.0 Å². The van der Waals surface area contributed by atoms with E-state index >= 15 is 0 Å². The lowest BCUT2D eigenvalue weighted by Gasteiger charge is -2.28. The van der Waals surface area contributed by atoms with E-state index in [1.165, 1.54) is 6.42 Å². The maximum atomic E-state index is 11.6. The summed E-state index contributed by atoms with van der Waals surface area (Å²) in [6.07, 6.45) is 3.40. The van der Waals surface area contributed by atoms with E-state index in [1.54, 1.807) is 6.92 Å². The molecule has 0 spiro atoms. The fraction of sp³-hybridized carbons (Fsp3) is 0.778. The summed E-state index contributed by atoms with van der Waals surface area (Å²) >= 11 is 4.78. The lowest BCUT2D eigenvalue weighted by Crippen LogP contribution is -2.49. The molecule has 2 amide bonds. The average Bonchev–Trinajstić information content (AvgIpc) is 2.19. The van der Waals surface area contributed by atoms with Crippen molar-refractivity contribution in [3.63, 3.8) is 0 Å². The zero-order valence-electron chi connectivity index (χ0n) is 8.45. The van der Waals surface area contributed by atoms with Crippen molar-refractivity contribution in [2.24, 2.45) is 5.73 Å². The molecule has 0 aromatic rings. The quantitative estimate of drug-likeness (QED) is 0.672. The van der Waals surface area contributed by atoms with Gasteiger partial charge in [-0.25, -0.2) is 4.79 Å². The van der Waals surface area contributed by atoms with Gasteiger partial charge in [0.2, 0.25) is 0 Å². The smallest absolute Gasteiger partial charge is 0.317 e. The van der Waals surface area contributed by atoms with Crippen LogP contribution in [0.15, 0.2) is 0 Å². The molecule has 4 nitrogen and oxygen atoms in total. The highest BCUT2D eigenvalue weighted by atomic mass is 32.1. The Morgan fingerprint density at radius 1 is 1.43 bits per heavy atom. The third kappa shape index (κ3) is 3.14. The number of nitrogens with one attached hydrogen (secondary N) is 1. The molecule has 1 heterocycles. The first-order valence-electron chi connectivity index (χ1n) is 4.96. The van der Waals surface area contributed by atoms with Crippen molar-refractivity contribution >= 4 is 23.2 Å². The minimum Gasteiger partial charge on any atom is -0.392 e. The maximum absolute atomic E-state index is 11.6. The van der Waals surface area contributed by atoms with Crippen LogP contribution in [0.4, 0.5) is 4.79 Å². The van der Waals surface area contributed by atoms with E-state index in [2.05, 4.69) is 5.32 Å². The summed E-state index contributed by atoms with van der Waals surface area (Å²) < 4.78 is 0. The summed E-state index contributed by atoms with van der Waals surface area (Å²) in [7, 11) is 0. The Kier molecular flexibility index (Phi) is 4.13. The first-order valence-corrected chi connectivity index (χ1v) is 5.37. The van der Waals surface area contributed by atoms with Gasteiger partial charge in [-0.05, 0) is 26.2 Å². The van der Waals surface area contributed by atoms with Crippen LogP contribution in [0.3, 0.4) is 0 Å². The van der Waals surface area contributed by atoms with Crippen LogP contribution in [0, 0.1) is 0 Å². The zero-order chi connectivity index (χ0) is 10.6. The molecule has 0 aromatic carbocycles. The van der Waals surface area contributed by atoms with Gasteiger partial charge in [0.05, 0.1) is 11.0 Å². The Hall–Kier alpha value is -0.840. The third-order valence-electron chi connectivity index (χ3n) is 2.41. The number of rotatable bonds is 2. The van der Waals surface area contributed by atoms with E-state index in [1.807, 2.05) is 4.90 Å². The number of thiocarbonyl (C=S) groups is 1. The van der Waals surface area contributed by atoms with E-state index in [-0.39, 0.29) is 12.1 Å². The summed E-state index contributed by atoms with van der Waals surface area (Å²) in [5.41, 5.74) is 5.41. The number of amides is 2. The molecular formula is C9H17N3OS. The van der Waals surface area contributed by atoms with Gasteiger partial charge < -0.3 is 16.0 Å². The molecule has 1 saturated heterocycles. The van der Waals surface area contributed by atoms with Crippen LogP contribution < -0.4 is 11.1 Å². The van der Waals surface area contributed by atoms with Crippen LogP contribution in [0.1, 0.15) is 26.2 Å². The number of urea groups is 1. The fourth-order valence-electron chi connectivity index (χ4n) is 1.44. The van der Waals surface area contributed by atoms with E-state index in [0.29, 0.717) is 4.99 Å². The Labute approximate surface area is 89.8 Å². The van der Waals surface area contributed by atoms with E-state index < -0.39 is 0 Å². The number of nitrogens with zero attached hydrogens (tertiary/aromatic N) is 1. The second-order valence-corrected chi connectivity index (χ2v) is 4.09. The van der Waals surface area contributed by atoms with Gasteiger partial charge in [-0.1, -0.05) is 12.2 Å². The van der Waals surface area contributed by atoms with Crippen molar-refractivity contribution in [1.29, 1.82) is 0 Å². The minimum absolute atomic E-state index is 0.0509. The molecule has 1 atom stereocenters. The number of piperidine rings is 1. The van der Waals surface area contributed by atoms with Crippen molar-refractivity contribution in [2.75, 3.05) is 13.1 Å². The predicted octanol–water partition coefficient (Wildman–Crippen LogP) is 0.857. The maximum Gasteiger partial charge on any atom is 0.317 e. The topological polar surface area (TPSA) is 58.4 Å². The number of carbonyl (C=O) groups excluding carboxylic acids is 1. The Bertz CT molecular complexity index is 226. The highest BCUT2D eigenvalue weighted by molar-refractivity contribution is 7.80. The van der Waals surface area contributed by atoms with Crippen LogP contribution in [0.5, 0.6) is 0 Å². The van der Waals surface area contributed by atoms with Gasteiger partial charge in [0, 0.05) is 13.1 Å². The number of likely N-dealkylation sites (tertiary alicyclic amines) is 1. The highest BCUT2D eigenvalue weighted by Crippen LogP contribution is 2.08. The summed E-state index contributed by atoms with van der Waals surface area (Å²) in [4.78, 5) is 13.8. The summed E-state index contributed by atoms with van der Waals surface area (Å²) in [5.74, 6) is 0. The second-order valence-electron chi connectivity index (χ2n) is 3.62. The molecule has 0 aliphatic carbocycles. The lowest BCUT2D eigenvalue weighted by molar-refractivity contribution is 0.185. The molecule has 0 saturated carbocycles. The lowest BCUT2D eigenvalue weighted by atomic mass is 10.1. The SMILES string of the molecule is CC(NC(=O)N1CCCCC1)C(N)=S. The summed E-state index contributed by atoms with van der Waals surface area (Å²) in [6.45, 7) is 3.48. The molecule has 1 aliphatic rings. The summed E-state index contributed by atoms with van der Waals surface area (Å²) in [5, 5.41) is 2.77. The van der Waals surface area contributed by atoms with Gasteiger partial charge in [-0.2, -0.15) is 0 Å². The fourth-order valence-corrected chi connectivity index (χ4v) is 1.50. The molecule has 3 N–H and O–H groups in total. The highest BCUT2D eigenvalue weighted by Gasteiger charge is 2.18. The molecule has 1 unspecified atom stereocenters. The van der Waals surface area contributed by atoms with Crippen molar-refractivity contribution < 1.29 is 4.79 Å². The van der Waals surface area contributed by atoms with Gasteiger partial charge >= 0.3 is 6.03 Å². The van der Waals surface area contributed by atoms with Crippen molar-refractivity contribution in [3.8, 4) is 0 Å². The molecular weight excluding hydrogens is 198 g/mol. The number of hydrogen-bond acceptors (Lipinski definition) is 2. The van der Waals surface area contributed by atoms with Gasteiger partial charge in [-0.15, -0.1) is 0 Å². The molecule has 1 aliphatic heterocycles. The Balaban J connectivity index is 2.36. The van der Waals surface area contributed by atoms with Gasteiger partial charge in [0.15, 0.2) is 0 Å². The van der Waals surface area contributed by atoms with Crippen LogP contribution >= 0.6 is 12.2 Å². The standard InChI is InChI=1S/C9H17N3OS/c1-7(8(10)14)11-9(13)12-5-3-2-4-6-12/h7H,2-6H2,1H3,(H2,10,14)(H,11,13). The molecule has 1 fully saturated rings. The molecule has 0 bridgehead atoms. The predicted molar refractivity (Wildman–Crippen MR) is 60.2 cm³/mol. The Morgan fingerprint density at radius 3 is 2.50 bits per heavy atom. The first-order chi connectivity index (χ1) is 6.61. The number of nitrogens with two attached hydrogens (primary N) is 1. The number of carbonyl (C=O) groups is 1. The molecule has 14 heavy (non-hydrogen) atoms. The van der Waals surface area contributed by atoms with Crippen LogP contribution in [0.2, 0.25) is 0 Å². The third-order valence-corrected chi connectivity index (χ3v) is 2.76. The normalized spacial score (nSPS) is 18.8.